The van der Waals surface area contributed by atoms with E-state index in [0.717, 1.165) is 36.0 Å². The van der Waals surface area contributed by atoms with Crippen molar-refractivity contribution >= 4 is 17.5 Å². The minimum atomic E-state index is -0.227. The van der Waals surface area contributed by atoms with E-state index in [4.69, 9.17) is 21.9 Å². The molecule has 3 heterocycles. The van der Waals surface area contributed by atoms with Crippen molar-refractivity contribution in [2.45, 2.75) is 24.7 Å². The van der Waals surface area contributed by atoms with Crippen molar-refractivity contribution in [2.24, 2.45) is 0 Å². The summed E-state index contributed by atoms with van der Waals surface area (Å²) in [6.07, 6.45) is 8.16. The number of nitrogen functional groups attached to an aromatic ring is 1. The van der Waals surface area contributed by atoms with E-state index in [1.165, 1.54) is 5.56 Å². The van der Waals surface area contributed by atoms with Gasteiger partial charge in [0.15, 0.2) is 5.82 Å². The van der Waals surface area contributed by atoms with Gasteiger partial charge in [-0.2, -0.15) is 4.98 Å². The van der Waals surface area contributed by atoms with Crippen molar-refractivity contribution < 1.29 is 4.52 Å². The van der Waals surface area contributed by atoms with Gasteiger partial charge in [0, 0.05) is 29.7 Å². The van der Waals surface area contributed by atoms with E-state index in [1.807, 2.05) is 0 Å². The van der Waals surface area contributed by atoms with Crippen LogP contribution in [0.25, 0.3) is 22.6 Å². The van der Waals surface area contributed by atoms with Crippen LogP contribution in [0.3, 0.4) is 0 Å². The minimum absolute atomic E-state index is 0.227. The monoisotopic (exact) mass is 404 g/mol. The van der Waals surface area contributed by atoms with Crippen LogP contribution in [0.5, 0.6) is 0 Å². The zero-order valence-corrected chi connectivity index (χ0v) is 16.2. The third-order valence-corrected chi connectivity index (χ3v) is 5.68. The van der Waals surface area contributed by atoms with Crippen LogP contribution < -0.4 is 5.73 Å². The lowest BCUT2D eigenvalue weighted by Gasteiger charge is -2.39. The molecule has 0 saturated heterocycles. The van der Waals surface area contributed by atoms with Gasteiger partial charge in [-0.3, -0.25) is 0 Å². The largest absolute Gasteiger partial charge is 0.368 e. The Morgan fingerprint density at radius 2 is 1.69 bits per heavy atom. The first kappa shape index (κ1) is 17.8. The van der Waals surface area contributed by atoms with Crippen LogP contribution >= 0.6 is 11.6 Å². The maximum atomic E-state index is 5.98. The summed E-state index contributed by atoms with van der Waals surface area (Å²) in [5.41, 5.74) is 9.23. The molecule has 0 atom stereocenters. The second-order valence-corrected chi connectivity index (χ2v) is 7.52. The molecule has 29 heavy (non-hydrogen) atoms. The highest BCUT2D eigenvalue weighted by Crippen LogP contribution is 2.48. The highest BCUT2D eigenvalue weighted by atomic mass is 35.5. The van der Waals surface area contributed by atoms with Gasteiger partial charge in [0.25, 0.3) is 5.89 Å². The Balaban J connectivity index is 1.47. The van der Waals surface area contributed by atoms with Gasteiger partial charge in [0.2, 0.25) is 5.95 Å². The smallest absolute Gasteiger partial charge is 0.258 e. The average molecular weight is 405 g/mol. The summed E-state index contributed by atoms with van der Waals surface area (Å²) in [5, 5.41) is 4.69. The van der Waals surface area contributed by atoms with E-state index < -0.39 is 0 Å². The third-order valence-electron chi connectivity index (χ3n) is 5.48. The normalized spacial score (nSPS) is 15.1. The topological polar surface area (TPSA) is 104 Å². The van der Waals surface area contributed by atoms with Crippen molar-refractivity contribution in [1.29, 1.82) is 0 Å². The molecule has 1 aliphatic carbocycles. The predicted octanol–water partition coefficient (Wildman–Crippen LogP) is 4.29. The Labute approximate surface area is 172 Å². The quantitative estimate of drug-likeness (QED) is 0.506. The first-order valence-corrected chi connectivity index (χ1v) is 9.66. The molecule has 0 spiro atoms. The molecular weight excluding hydrogens is 388 g/mol. The molecule has 1 saturated carbocycles. The van der Waals surface area contributed by atoms with Crippen LogP contribution in [0, 0.1) is 0 Å². The Morgan fingerprint density at radius 1 is 0.931 bits per heavy atom. The molecule has 2 N–H and O–H groups in total. The standard InChI is InChI=1S/C21H17ClN6O/c22-17-10-14(6-9-24-17)18-27-19(28-29-18)21(7-1-8-21)16-4-2-13(3-5-16)15-11-25-20(23)26-12-15/h2-6,9-12H,1,7-8H2,(H2,23,25,26). The number of nitrogens with zero attached hydrogens (tertiary/aromatic N) is 5. The van der Waals surface area contributed by atoms with Gasteiger partial charge in [-0.15, -0.1) is 0 Å². The Bertz CT molecular complexity index is 1150. The van der Waals surface area contributed by atoms with Crippen LogP contribution in [0.2, 0.25) is 5.15 Å². The zero-order valence-electron chi connectivity index (χ0n) is 15.4. The van der Waals surface area contributed by atoms with Crippen molar-refractivity contribution in [3.05, 3.63) is 71.5 Å². The van der Waals surface area contributed by atoms with Crippen molar-refractivity contribution in [2.75, 3.05) is 5.73 Å². The van der Waals surface area contributed by atoms with Gasteiger partial charge in [-0.05, 0) is 36.1 Å². The molecule has 1 aliphatic rings. The van der Waals surface area contributed by atoms with Crippen molar-refractivity contribution in [3.8, 4) is 22.6 Å². The summed E-state index contributed by atoms with van der Waals surface area (Å²) in [5.74, 6) is 1.42. The van der Waals surface area contributed by atoms with E-state index in [2.05, 4.69) is 49.4 Å². The number of aromatic nitrogens is 5. The summed E-state index contributed by atoms with van der Waals surface area (Å²) in [6, 6.07) is 11.9. The van der Waals surface area contributed by atoms with Crippen LogP contribution in [0.15, 0.2) is 59.5 Å². The average Bonchev–Trinajstić information content (AvgIpc) is 3.19. The second-order valence-electron chi connectivity index (χ2n) is 7.13. The van der Waals surface area contributed by atoms with E-state index >= 15 is 0 Å². The second kappa shape index (κ2) is 6.93. The molecule has 0 unspecified atom stereocenters. The van der Waals surface area contributed by atoms with Crippen LogP contribution in [-0.4, -0.2) is 25.1 Å². The summed E-state index contributed by atoms with van der Waals surface area (Å²) >= 11 is 5.98. The predicted molar refractivity (Wildman–Crippen MR) is 109 cm³/mol. The fourth-order valence-electron chi connectivity index (χ4n) is 3.71. The zero-order chi connectivity index (χ0) is 19.8. The molecule has 0 bridgehead atoms. The van der Waals surface area contributed by atoms with Gasteiger partial charge in [-0.25, -0.2) is 15.0 Å². The summed E-state index contributed by atoms with van der Waals surface area (Å²) in [7, 11) is 0. The fraction of sp³-hybridized carbons (Fsp3) is 0.190. The minimum Gasteiger partial charge on any atom is -0.368 e. The molecule has 5 rings (SSSR count). The summed E-state index contributed by atoms with van der Waals surface area (Å²) < 4.78 is 5.54. The highest BCUT2D eigenvalue weighted by Gasteiger charge is 2.44. The number of hydrogen-bond donors (Lipinski definition) is 1. The van der Waals surface area contributed by atoms with Crippen molar-refractivity contribution in [1.82, 2.24) is 25.1 Å². The summed E-state index contributed by atoms with van der Waals surface area (Å²) in [6.45, 7) is 0. The van der Waals surface area contributed by atoms with Crippen molar-refractivity contribution in [3.63, 3.8) is 0 Å². The molecule has 144 valence electrons. The lowest BCUT2D eigenvalue weighted by molar-refractivity contribution is 0.273. The number of pyridine rings is 1. The molecular formula is C21H17ClN6O. The maximum Gasteiger partial charge on any atom is 0.258 e. The molecule has 0 amide bonds. The third kappa shape index (κ3) is 3.13. The van der Waals surface area contributed by atoms with Crippen LogP contribution in [0.4, 0.5) is 5.95 Å². The van der Waals surface area contributed by atoms with Gasteiger partial charge in [0.1, 0.15) is 5.15 Å². The maximum absolute atomic E-state index is 5.98. The van der Waals surface area contributed by atoms with E-state index in [0.29, 0.717) is 16.9 Å². The molecule has 8 heteroatoms. The Morgan fingerprint density at radius 3 is 2.34 bits per heavy atom. The van der Waals surface area contributed by atoms with E-state index in [1.54, 1.807) is 30.7 Å². The molecule has 0 radical (unpaired) electrons. The van der Waals surface area contributed by atoms with E-state index in [9.17, 15) is 0 Å². The SMILES string of the molecule is Nc1ncc(-c2ccc(C3(c4noc(-c5ccnc(Cl)c5)n4)CCC3)cc2)cn1. The van der Waals surface area contributed by atoms with Crippen LogP contribution in [0.1, 0.15) is 30.7 Å². The van der Waals surface area contributed by atoms with Gasteiger partial charge in [-0.1, -0.05) is 47.4 Å². The number of anilines is 1. The lowest BCUT2D eigenvalue weighted by atomic mass is 9.64. The number of hydrogen-bond acceptors (Lipinski definition) is 7. The van der Waals surface area contributed by atoms with E-state index in [-0.39, 0.29) is 11.4 Å². The molecule has 7 nitrogen and oxygen atoms in total. The molecule has 1 fully saturated rings. The highest BCUT2D eigenvalue weighted by molar-refractivity contribution is 6.29. The van der Waals surface area contributed by atoms with Gasteiger partial charge in [0.05, 0.1) is 5.41 Å². The first-order chi connectivity index (χ1) is 14.1. The Kier molecular flexibility index (Phi) is 4.24. The van der Waals surface area contributed by atoms with Gasteiger partial charge < -0.3 is 10.3 Å². The molecule has 4 aromatic rings. The fourth-order valence-corrected chi connectivity index (χ4v) is 3.89. The number of halogens is 1. The van der Waals surface area contributed by atoms with Crippen LogP contribution in [-0.2, 0) is 5.41 Å². The number of nitrogens with two attached hydrogens (primary N) is 1. The lowest BCUT2D eigenvalue weighted by Crippen LogP contribution is -2.36. The number of rotatable bonds is 4. The summed E-state index contributed by atoms with van der Waals surface area (Å²) in [4.78, 5) is 16.8. The first-order valence-electron chi connectivity index (χ1n) is 9.29. The molecule has 3 aromatic heterocycles. The van der Waals surface area contributed by atoms with Gasteiger partial charge >= 0.3 is 0 Å². The molecule has 1 aromatic carbocycles. The molecule has 0 aliphatic heterocycles. The Hall–Kier alpha value is -3.32. The number of benzene rings is 1.